The van der Waals surface area contributed by atoms with Gasteiger partial charge in [0.05, 0.1) is 29.0 Å². The second-order valence-corrected chi connectivity index (χ2v) is 10.3. The molecule has 0 radical (unpaired) electrons. The summed E-state index contributed by atoms with van der Waals surface area (Å²) in [5.41, 5.74) is 4.32. The van der Waals surface area contributed by atoms with Gasteiger partial charge < -0.3 is 19.9 Å². The zero-order valence-corrected chi connectivity index (χ0v) is 21.5. The van der Waals surface area contributed by atoms with Crippen molar-refractivity contribution in [3.8, 4) is 6.07 Å². The van der Waals surface area contributed by atoms with Gasteiger partial charge in [-0.25, -0.2) is 0 Å². The summed E-state index contributed by atoms with van der Waals surface area (Å²) in [6.07, 6.45) is 2.96. The maximum Gasteiger partial charge on any atom is 0.129 e. The molecule has 186 valence electrons. The van der Waals surface area contributed by atoms with Crippen molar-refractivity contribution >= 4 is 17.2 Å². The maximum absolute atomic E-state index is 11.9. The van der Waals surface area contributed by atoms with Crippen molar-refractivity contribution in [1.82, 2.24) is 9.80 Å². The number of nitrogens with one attached hydrogen (secondary N) is 1. The Hall–Kier alpha value is -2.88. The van der Waals surface area contributed by atoms with E-state index in [2.05, 4.69) is 70.4 Å². The molecule has 4 rings (SSSR count). The molecule has 0 aromatic heterocycles. The fourth-order valence-corrected chi connectivity index (χ4v) is 5.38. The highest BCUT2D eigenvalue weighted by Crippen LogP contribution is 2.37. The summed E-state index contributed by atoms with van der Waals surface area (Å²) in [4.78, 5) is 19.2. The van der Waals surface area contributed by atoms with E-state index >= 15 is 0 Å². The monoisotopic (exact) mass is 473 g/mol. The van der Waals surface area contributed by atoms with Gasteiger partial charge in [-0.3, -0.25) is 4.90 Å². The fraction of sp³-hybridized carbons (Fsp3) is 0.517. The number of aryl methyl sites for hydroxylation is 1. The highest BCUT2D eigenvalue weighted by molar-refractivity contribution is 5.75. The lowest BCUT2D eigenvalue weighted by atomic mass is 9.74. The number of benzene rings is 2. The molecular weight excluding hydrogens is 434 g/mol. The molecule has 6 nitrogen and oxygen atoms in total. The maximum atomic E-state index is 11.9. The standard InChI is InChI=1S/C29H39N5O/c1-23-9-11-26(27(21-23)33-19-17-32(3)18-20-33)31-28(12-10-24(2)35)34-15-13-29(22-30,14-16-34)25-7-5-4-6-8-25/h4-9,11,21,28,31H,10,12-20H2,1-3H3. The number of carbonyl (C=O) groups is 1. The quantitative estimate of drug-likeness (QED) is 0.613. The number of hydrogen-bond donors (Lipinski definition) is 1. The van der Waals surface area contributed by atoms with Crippen molar-refractivity contribution in [3.63, 3.8) is 0 Å². The summed E-state index contributed by atoms with van der Waals surface area (Å²) in [5.74, 6) is 0.215. The number of anilines is 2. The lowest BCUT2D eigenvalue weighted by Crippen LogP contribution is -2.50. The summed E-state index contributed by atoms with van der Waals surface area (Å²) in [6, 6.07) is 19.5. The average molecular weight is 474 g/mol. The first-order valence-electron chi connectivity index (χ1n) is 12.9. The predicted octanol–water partition coefficient (Wildman–Crippen LogP) is 4.41. The van der Waals surface area contributed by atoms with Gasteiger partial charge in [0.2, 0.25) is 0 Å². The van der Waals surface area contributed by atoms with Crippen molar-refractivity contribution in [1.29, 1.82) is 5.26 Å². The number of piperidine rings is 1. The molecular formula is C29H39N5O. The van der Waals surface area contributed by atoms with E-state index in [4.69, 9.17) is 0 Å². The van der Waals surface area contributed by atoms with E-state index < -0.39 is 5.41 Å². The first kappa shape index (κ1) is 25.2. The van der Waals surface area contributed by atoms with Crippen LogP contribution >= 0.6 is 0 Å². The highest BCUT2D eigenvalue weighted by atomic mass is 16.1. The molecule has 0 spiro atoms. The van der Waals surface area contributed by atoms with Crippen LogP contribution in [0, 0.1) is 18.3 Å². The number of piperazine rings is 1. The molecule has 6 heteroatoms. The van der Waals surface area contributed by atoms with E-state index in [9.17, 15) is 10.1 Å². The van der Waals surface area contributed by atoms with Crippen LogP contribution in [0.25, 0.3) is 0 Å². The Balaban J connectivity index is 1.53. The van der Waals surface area contributed by atoms with Crippen LogP contribution in [0.3, 0.4) is 0 Å². The van der Waals surface area contributed by atoms with Crippen LogP contribution < -0.4 is 10.2 Å². The smallest absolute Gasteiger partial charge is 0.129 e. The number of carbonyl (C=O) groups excluding carboxylic acids is 1. The number of likely N-dealkylation sites (tertiary alicyclic amines) is 1. The van der Waals surface area contributed by atoms with Gasteiger partial charge in [-0.05, 0) is 63.4 Å². The van der Waals surface area contributed by atoms with Crippen molar-refractivity contribution in [2.75, 3.05) is 56.5 Å². The van der Waals surface area contributed by atoms with Crippen LogP contribution in [0.5, 0.6) is 0 Å². The third-order valence-corrected chi connectivity index (χ3v) is 7.72. The Morgan fingerprint density at radius 3 is 2.37 bits per heavy atom. The molecule has 2 aromatic carbocycles. The molecule has 2 saturated heterocycles. The molecule has 0 amide bonds. The Morgan fingerprint density at radius 1 is 1.06 bits per heavy atom. The second kappa shape index (κ2) is 11.2. The van der Waals surface area contributed by atoms with Crippen LogP contribution in [0.2, 0.25) is 0 Å². The SMILES string of the molecule is CC(=O)CCC(Nc1ccc(C)cc1N1CCN(C)CC1)N1CCC(C#N)(c2ccccc2)CC1. The van der Waals surface area contributed by atoms with Gasteiger partial charge in [0.15, 0.2) is 0 Å². The second-order valence-electron chi connectivity index (χ2n) is 10.3. The Morgan fingerprint density at radius 2 is 1.74 bits per heavy atom. The molecule has 1 atom stereocenters. The molecule has 2 heterocycles. The largest absolute Gasteiger partial charge is 0.368 e. The Kier molecular flexibility index (Phi) is 8.10. The zero-order chi connectivity index (χ0) is 24.8. The number of hydrogen-bond acceptors (Lipinski definition) is 6. The van der Waals surface area contributed by atoms with E-state index in [1.54, 1.807) is 6.92 Å². The zero-order valence-electron chi connectivity index (χ0n) is 21.5. The third kappa shape index (κ3) is 6.04. The summed E-state index contributed by atoms with van der Waals surface area (Å²) < 4.78 is 0. The lowest BCUT2D eigenvalue weighted by molar-refractivity contribution is -0.117. The van der Waals surface area contributed by atoms with E-state index in [1.165, 1.54) is 11.3 Å². The van der Waals surface area contributed by atoms with Crippen molar-refractivity contribution in [2.45, 2.75) is 51.1 Å². The molecule has 2 aliphatic rings. The molecule has 2 fully saturated rings. The lowest BCUT2D eigenvalue weighted by Gasteiger charge is -2.42. The average Bonchev–Trinajstić information content (AvgIpc) is 2.88. The Labute approximate surface area is 210 Å². The Bertz CT molecular complexity index is 1030. The molecule has 1 unspecified atom stereocenters. The van der Waals surface area contributed by atoms with E-state index in [0.29, 0.717) is 6.42 Å². The van der Waals surface area contributed by atoms with E-state index in [0.717, 1.165) is 69.8 Å². The van der Waals surface area contributed by atoms with Crippen molar-refractivity contribution in [2.24, 2.45) is 0 Å². The van der Waals surface area contributed by atoms with Crippen LogP contribution in [-0.4, -0.2) is 68.1 Å². The summed E-state index contributed by atoms with van der Waals surface area (Å²) in [6.45, 7) is 9.61. The van der Waals surface area contributed by atoms with Crippen LogP contribution in [0.15, 0.2) is 48.5 Å². The minimum Gasteiger partial charge on any atom is -0.368 e. The van der Waals surface area contributed by atoms with Crippen LogP contribution in [0.4, 0.5) is 11.4 Å². The third-order valence-electron chi connectivity index (χ3n) is 7.72. The molecule has 2 aliphatic heterocycles. The van der Waals surface area contributed by atoms with Crippen LogP contribution in [-0.2, 0) is 10.2 Å². The fourth-order valence-electron chi connectivity index (χ4n) is 5.38. The molecule has 35 heavy (non-hydrogen) atoms. The van der Waals surface area contributed by atoms with Crippen molar-refractivity contribution in [3.05, 3.63) is 59.7 Å². The molecule has 0 saturated carbocycles. The first-order chi connectivity index (χ1) is 16.9. The van der Waals surface area contributed by atoms with Gasteiger partial charge in [0.1, 0.15) is 5.78 Å². The molecule has 1 N–H and O–H groups in total. The molecule has 0 aliphatic carbocycles. The predicted molar refractivity (Wildman–Crippen MR) is 143 cm³/mol. The van der Waals surface area contributed by atoms with Gasteiger partial charge in [-0.2, -0.15) is 5.26 Å². The van der Waals surface area contributed by atoms with Gasteiger partial charge in [-0.1, -0.05) is 36.4 Å². The van der Waals surface area contributed by atoms with Crippen LogP contribution in [0.1, 0.15) is 43.7 Å². The number of Topliss-reactive ketones (excluding diaryl/α,β-unsaturated/α-hetero) is 1. The topological polar surface area (TPSA) is 62.6 Å². The summed E-state index contributed by atoms with van der Waals surface area (Å²) in [7, 11) is 2.18. The number of likely N-dealkylation sites (N-methyl/N-ethyl adjacent to an activating group) is 1. The van der Waals surface area contributed by atoms with Gasteiger partial charge in [0.25, 0.3) is 0 Å². The summed E-state index contributed by atoms with van der Waals surface area (Å²) in [5, 5.41) is 13.9. The molecule has 2 aromatic rings. The van der Waals surface area contributed by atoms with Gasteiger partial charge in [0, 0.05) is 45.7 Å². The van der Waals surface area contributed by atoms with E-state index in [-0.39, 0.29) is 11.9 Å². The summed E-state index contributed by atoms with van der Waals surface area (Å²) >= 11 is 0. The van der Waals surface area contributed by atoms with Crippen molar-refractivity contribution < 1.29 is 4.79 Å². The number of nitrogens with zero attached hydrogens (tertiary/aromatic N) is 4. The minimum absolute atomic E-state index is 0.0558. The van der Waals surface area contributed by atoms with Gasteiger partial charge in [-0.15, -0.1) is 0 Å². The van der Waals surface area contributed by atoms with E-state index in [1.807, 2.05) is 18.2 Å². The number of ketones is 1. The van der Waals surface area contributed by atoms with Gasteiger partial charge >= 0.3 is 0 Å². The normalized spacial score (nSPS) is 19.7. The molecule has 0 bridgehead atoms. The minimum atomic E-state index is -0.433. The first-order valence-corrected chi connectivity index (χ1v) is 12.9. The number of nitriles is 1. The number of rotatable bonds is 8. The highest BCUT2D eigenvalue weighted by Gasteiger charge is 2.38.